The maximum atomic E-state index is 9.43. The smallest absolute Gasteiger partial charge is 0.0676 e. The summed E-state index contributed by atoms with van der Waals surface area (Å²) in [7, 11) is 0. The zero-order valence-corrected chi connectivity index (χ0v) is 14.6. The number of nitriles is 1. The second-order valence-corrected chi connectivity index (χ2v) is 7.85. The fraction of sp³-hybridized carbons (Fsp3) is 0.533. The first-order valence-corrected chi connectivity index (χ1v) is 8.01. The van der Waals surface area contributed by atoms with Crippen LogP contribution in [-0.2, 0) is 0 Å². The van der Waals surface area contributed by atoms with Gasteiger partial charge in [0.05, 0.1) is 12.0 Å². The van der Waals surface area contributed by atoms with Gasteiger partial charge >= 0.3 is 0 Å². The summed E-state index contributed by atoms with van der Waals surface area (Å²) in [6, 6.07) is 8.71. The van der Waals surface area contributed by atoms with E-state index in [0.717, 1.165) is 22.0 Å². The summed E-state index contributed by atoms with van der Waals surface area (Å²) < 4.78 is 2.14. The summed E-state index contributed by atoms with van der Waals surface area (Å²) >= 11 is 7.10. The molecule has 19 heavy (non-hydrogen) atoms. The van der Waals surface area contributed by atoms with E-state index in [-0.39, 0.29) is 17.4 Å². The molecule has 0 aromatic heterocycles. The van der Waals surface area contributed by atoms with Gasteiger partial charge in [-0.05, 0) is 38.5 Å². The molecule has 1 aliphatic heterocycles. The number of halogens is 2. The molecule has 2 nitrogen and oxygen atoms in total. The maximum absolute atomic E-state index is 9.43. The lowest BCUT2D eigenvalue weighted by molar-refractivity contribution is 0.170. The first-order valence-electron chi connectivity index (χ1n) is 6.42. The molecule has 2 rings (SSSR count). The predicted octanol–water partition coefficient (Wildman–Crippen LogP) is 4.55. The van der Waals surface area contributed by atoms with Crippen LogP contribution in [0.3, 0.4) is 0 Å². The van der Waals surface area contributed by atoms with E-state index in [0.29, 0.717) is 0 Å². The monoisotopic (exact) mass is 384 g/mol. The molecule has 0 spiro atoms. The Hall–Kier alpha value is -0.370. The first-order chi connectivity index (χ1) is 8.82. The van der Waals surface area contributed by atoms with Crippen LogP contribution < -0.4 is 0 Å². The van der Waals surface area contributed by atoms with Crippen LogP contribution in [0.2, 0.25) is 0 Å². The van der Waals surface area contributed by atoms with E-state index in [4.69, 9.17) is 0 Å². The number of likely N-dealkylation sites (tertiary alicyclic amines) is 1. The Kier molecular flexibility index (Phi) is 4.39. The van der Waals surface area contributed by atoms with Crippen molar-refractivity contribution in [3.63, 3.8) is 0 Å². The molecule has 0 saturated carbocycles. The second-order valence-electron chi connectivity index (χ2n) is 6.08. The van der Waals surface area contributed by atoms with Gasteiger partial charge in [0.1, 0.15) is 0 Å². The molecule has 1 aromatic carbocycles. The molecule has 0 N–H and O–H groups in total. The van der Waals surface area contributed by atoms with Gasteiger partial charge in [-0.3, -0.25) is 4.90 Å². The first kappa shape index (κ1) is 15.0. The Morgan fingerprint density at radius 2 is 1.95 bits per heavy atom. The average Bonchev–Trinajstić information content (AvgIpc) is 2.72. The van der Waals surface area contributed by atoms with Crippen LogP contribution >= 0.6 is 31.9 Å². The zero-order valence-electron chi connectivity index (χ0n) is 11.5. The number of hydrogen-bond donors (Lipinski definition) is 0. The molecule has 1 heterocycles. The van der Waals surface area contributed by atoms with Gasteiger partial charge < -0.3 is 0 Å². The average molecular weight is 386 g/mol. The van der Waals surface area contributed by atoms with Crippen LogP contribution in [0, 0.1) is 17.2 Å². The van der Waals surface area contributed by atoms with Crippen molar-refractivity contribution in [3.8, 4) is 6.07 Å². The summed E-state index contributed by atoms with van der Waals surface area (Å²) in [6.45, 7) is 8.43. The van der Waals surface area contributed by atoms with Crippen molar-refractivity contribution in [1.82, 2.24) is 4.90 Å². The predicted molar refractivity (Wildman–Crippen MR) is 85.0 cm³/mol. The van der Waals surface area contributed by atoms with E-state index >= 15 is 0 Å². The van der Waals surface area contributed by atoms with Crippen LogP contribution in [0.15, 0.2) is 27.1 Å². The zero-order chi connectivity index (χ0) is 14.2. The van der Waals surface area contributed by atoms with Gasteiger partial charge in [0.25, 0.3) is 0 Å². The third-order valence-corrected chi connectivity index (χ3v) is 4.98. The molecule has 0 aliphatic carbocycles. The summed E-state index contributed by atoms with van der Waals surface area (Å²) in [5, 5.41) is 9.43. The molecule has 1 saturated heterocycles. The molecule has 2 atom stereocenters. The van der Waals surface area contributed by atoms with Crippen molar-refractivity contribution < 1.29 is 0 Å². The van der Waals surface area contributed by atoms with E-state index in [1.807, 2.05) is 6.07 Å². The fourth-order valence-electron chi connectivity index (χ4n) is 2.60. The van der Waals surface area contributed by atoms with Gasteiger partial charge in [-0.2, -0.15) is 5.26 Å². The van der Waals surface area contributed by atoms with Crippen molar-refractivity contribution in [2.24, 2.45) is 5.92 Å². The highest BCUT2D eigenvalue weighted by Gasteiger charge is 2.39. The molecule has 1 aliphatic rings. The van der Waals surface area contributed by atoms with Gasteiger partial charge in [0.15, 0.2) is 0 Å². The molecule has 4 heteroatoms. The maximum Gasteiger partial charge on any atom is 0.0676 e. The van der Waals surface area contributed by atoms with Gasteiger partial charge in [-0.25, -0.2) is 0 Å². The summed E-state index contributed by atoms with van der Waals surface area (Å²) in [5.41, 5.74) is 1.35. The lowest BCUT2D eigenvalue weighted by atomic mass is 9.90. The highest BCUT2D eigenvalue weighted by Crippen LogP contribution is 2.39. The van der Waals surface area contributed by atoms with Crippen molar-refractivity contribution in [3.05, 3.63) is 32.7 Å². The molecule has 102 valence electrons. The third kappa shape index (κ3) is 3.21. The van der Waals surface area contributed by atoms with Crippen molar-refractivity contribution >= 4 is 31.9 Å². The Labute approximate surface area is 132 Å². The van der Waals surface area contributed by atoms with Crippen molar-refractivity contribution in [2.45, 2.75) is 32.2 Å². The van der Waals surface area contributed by atoms with E-state index in [2.05, 4.69) is 75.7 Å². The number of nitrogens with zero attached hydrogens (tertiary/aromatic N) is 2. The van der Waals surface area contributed by atoms with Crippen LogP contribution in [0.4, 0.5) is 0 Å². The van der Waals surface area contributed by atoms with Crippen molar-refractivity contribution in [1.29, 1.82) is 5.26 Å². The van der Waals surface area contributed by atoms with Gasteiger partial charge in [0.2, 0.25) is 0 Å². The topological polar surface area (TPSA) is 27.0 Å². The Morgan fingerprint density at radius 3 is 2.47 bits per heavy atom. The minimum atomic E-state index is 0.0664. The number of hydrogen-bond acceptors (Lipinski definition) is 2. The number of benzene rings is 1. The Morgan fingerprint density at radius 1 is 1.26 bits per heavy atom. The van der Waals surface area contributed by atoms with Gasteiger partial charge in [-0.15, -0.1) is 0 Å². The largest absolute Gasteiger partial charge is 0.297 e. The standard InChI is InChI=1S/C15H18Br2N2/c1-15(2,3)19-8-10(7-18)13(9-19)12-5-4-11(16)6-14(12)17/h4-6,10,13H,8-9H2,1-3H3/t10-,13-/m1/s1. The second kappa shape index (κ2) is 5.55. The molecule has 1 fully saturated rings. The minimum Gasteiger partial charge on any atom is -0.297 e. The Bertz CT molecular complexity index is 514. The van der Waals surface area contributed by atoms with Crippen LogP contribution in [0.25, 0.3) is 0 Å². The Balaban J connectivity index is 2.31. The molecule has 0 amide bonds. The number of rotatable bonds is 1. The summed E-state index contributed by atoms with van der Waals surface area (Å²) in [6.07, 6.45) is 0. The van der Waals surface area contributed by atoms with Gasteiger partial charge in [0, 0.05) is 33.5 Å². The van der Waals surface area contributed by atoms with Crippen LogP contribution in [0.1, 0.15) is 32.3 Å². The highest BCUT2D eigenvalue weighted by atomic mass is 79.9. The van der Waals surface area contributed by atoms with E-state index in [1.165, 1.54) is 5.56 Å². The normalized spacial score (nSPS) is 24.4. The highest BCUT2D eigenvalue weighted by molar-refractivity contribution is 9.11. The summed E-state index contributed by atoms with van der Waals surface area (Å²) in [4.78, 5) is 2.40. The van der Waals surface area contributed by atoms with Crippen LogP contribution in [-0.4, -0.2) is 23.5 Å². The lowest BCUT2D eigenvalue weighted by Crippen LogP contribution is -2.39. The van der Waals surface area contributed by atoms with E-state index in [9.17, 15) is 5.26 Å². The molecule has 0 bridgehead atoms. The fourth-order valence-corrected chi connectivity index (χ4v) is 3.94. The quantitative estimate of drug-likeness (QED) is 0.708. The SMILES string of the molecule is CC(C)(C)N1C[C@@H](C#N)[C@H](c2ccc(Br)cc2Br)C1. The van der Waals surface area contributed by atoms with Crippen LogP contribution in [0.5, 0.6) is 0 Å². The molecular weight excluding hydrogens is 368 g/mol. The molecule has 1 aromatic rings. The molecule has 0 unspecified atom stereocenters. The van der Waals surface area contributed by atoms with E-state index < -0.39 is 0 Å². The van der Waals surface area contributed by atoms with E-state index in [1.54, 1.807) is 0 Å². The molecular formula is C15H18Br2N2. The lowest BCUT2D eigenvalue weighted by Gasteiger charge is -2.31. The molecule has 0 radical (unpaired) electrons. The summed E-state index contributed by atoms with van der Waals surface area (Å²) in [5.74, 6) is 0.350. The third-order valence-electron chi connectivity index (χ3n) is 3.80. The van der Waals surface area contributed by atoms with Crippen molar-refractivity contribution in [2.75, 3.05) is 13.1 Å². The van der Waals surface area contributed by atoms with Gasteiger partial charge in [-0.1, -0.05) is 37.9 Å². The minimum absolute atomic E-state index is 0.0664.